The van der Waals surface area contributed by atoms with E-state index in [1.54, 1.807) is 14.2 Å². The Morgan fingerprint density at radius 1 is 1.19 bits per heavy atom. The average Bonchev–Trinajstić information content (AvgIpc) is 2.85. The van der Waals surface area contributed by atoms with E-state index in [-0.39, 0.29) is 11.5 Å². The maximum absolute atomic E-state index is 11.2. The molecule has 1 aromatic rings. The van der Waals surface area contributed by atoms with Crippen LogP contribution >= 0.6 is 11.3 Å². The zero-order chi connectivity index (χ0) is 15.7. The SMILES string of the molecule is COCCN(CCOC)Cc1nc(COC)c(C(=O)O)s1. The first-order valence-corrected chi connectivity index (χ1v) is 7.35. The predicted molar refractivity (Wildman–Crippen MR) is 78.8 cm³/mol. The van der Waals surface area contributed by atoms with Crippen molar-refractivity contribution in [2.75, 3.05) is 47.6 Å². The fraction of sp³-hybridized carbons (Fsp3) is 0.692. The molecule has 0 unspecified atom stereocenters. The van der Waals surface area contributed by atoms with E-state index in [9.17, 15) is 9.90 Å². The van der Waals surface area contributed by atoms with Crippen molar-refractivity contribution in [3.63, 3.8) is 0 Å². The van der Waals surface area contributed by atoms with Crippen LogP contribution in [0.4, 0.5) is 0 Å². The summed E-state index contributed by atoms with van der Waals surface area (Å²) in [7, 11) is 4.82. The number of hydrogen-bond donors (Lipinski definition) is 1. The van der Waals surface area contributed by atoms with Gasteiger partial charge in [-0.25, -0.2) is 9.78 Å². The molecule has 0 aromatic carbocycles. The number of aromatic nitrogens is 1. The van der Waals surface area contributed by atoms with Crippen LogP contribution in [0, 0.1) is 0 Å². The molecule has 0 spiro atoms. The summed E-state index contributed by atoms with van der Waals surface area (Å²) in [5, 5.41) is 9.94. The van der Waals surface area contributed by atoms with E-state index >= 15 is 0 Å². The fourth-order valence-electron chi connectivity index (χ4n) is 1.77. The third-order valence-electron chi connectivity index (χ3n) is 2.80. The van der Waals surface area contributed by atoms with Crippen molar-refractivity contribution >= 4 is 17.3 Å². The summed E-state index contributed by atoms with van der Waals surface area (Å²) in [6, 6.07) is 0. The maximum Gasteiger partial charge on any atom is 0.347 e. The summed E-state index contributed by atoms with van der Waals surface area (Å²) in [4.78, 5) is 17.9. The van der Waals surface area contributed by atoms with Gasteiger partial charge in [0.05, 0.1) is 32.1 Å². The van der Waals surface area contributed by atoms with Crippen molar-refractivity contribution in [2.45, 2.75) is 13.2 Å². The van der Waals surface area contributed by atoms with Crippen molar-refractivity contribution in [1.82, 2.24) is 9.88 Å². The fourth-order valence-corrected chi connectivity index (χ4v) is 2.72. The number of rotatable bonds is 11. The van der Waals surface area contributed by atoms with Crippen molar-refractivity contribution in [3.05, 3.63) is 15.6 Å². The molecule has 0 aliphatic carbocycles. The number of carboxylic acids is 1. The first-order chi connectivity index (χ1) is 10.1. The molecular formula is C13H22N2O5S. The normalized spacial score (nSPS) is 11.2. The molecule has 0 aliphatic heterocycles. The molecule has 7 nitrogen and oxygen atoms in total. The second-order valence-corrected chi connectivity index (χ2v) is 5.47. The minimum atomic E-state index is -0.967. The van der Waals surface area contributed by atoms with E-state index in [0.29, 0.717) is 25.5 Å². The van der Waals surface area contributed by atoms with Gasteiger partial charge in [0, 0.05) is 34.4 Å². The van der Waals surface area contributed by atoms with Gasteiger partial charge < -0.3 is 19.3 Å². The Morgan fingerprint density at radius 2 is 1.81 bits per heavy atom. The van der Waals surface area contributed by atoms with Gasteiger partial charge in [-0.1, -0.05) is 0 Å². The number of hydrogen-bond acceptors (Lipinski definition) is 7. The minimum Gasteiger partial charge on any atom is -0.477 e. The highest BCUT2D eigenvalue weighted by Crippen LogP contribution is 2.21. The van der Waals surface area contributed by atoms with Crippen LogP contribution in [-0.2, 0) is 27.4 Å². The van der Waals surface area contributed by atoms with E-state index in [0.717, 1.165) is 18.1 Å². The topological polar surface area (TPSA) is 81.1 Å². The second kappa shape index (κ2) is 9.80. The van der Waals surface area contributed by atoms with Crippen LogP contribution in [0.3, 0.4) is 0 Å². The van der Waals surface area contributed by atoms with Gasteiger partial charge in [0.1, 0.15) is 9.88 Å². The summed E-state index contributed by atoms with van der Waals surface area (Å²) in [6.07, 6.45) is 0. The van der Waals surface area contributed by atoms with E-state index in [1.165, 1.54) is 18.4 Å². The summed E-state index contributed by atoms with van der Waals surface area (Å²) in [5.74, 6) is -0.967. The molecule has 21 heavy (non-hydrogen) atoms. The highest BCUT2D eigenvalue weighted by Gasteiger charge is 2.18. The highest BCUT2D eigenvalue weighted by molar-refractivity contribution is 7.13. The number of ether oxygens (including phenoxy) is 3. The Labute approximate surface area is 128 Å². The van der Waals surface area contributed by atoms with Crippen LogP contribution in [-0.4, -0.2) is 68.6 Å². The van der Waals surface area contributed by atoms with Crippen molar-refractivity contribution in [3.8, 4) is 0 Å². The lowest BCUT2D eigenvalue weighted by molar-refractivity contribution is 0.0697. The third-order valence-corrected chi connectivity index (χ3v) is 3.87. The summed E-state index contributed by atoms with van der Waals surface area (Å²) in [5.41, 5.74) is 0.475. The summed E-state index contributed by atoms with van der Waals surface area (Å²) < 4.78 is 15.2. The molecule has 1 N–H and O–H groups in total. The minimum absolute atomic E-state index is 0.203. The lowest BCUT2D eigenvalue weighted by Gasteiger charge is -2.20. The van der Waals surface area contributed by atoms with Crippen LogP contribution in [0.5, 0.6) is 0 Å². The maximum atomic E-state index is 11.2. The van der Waals surface area contributed by atoms with Gasteiger partial charge in [-0.2, -0.15) is 0 Å². The van der Waals surface area contributed by atoms with E-state index < -0.39 is 5.97 Å². The molecule has 0 fully saturated rings. The van der Waals surface area contributed by atoms with E-state index in [2.05, 4.69) is 9.88 Å². The van der Waals surface area contributed by atoms with Crippen molar-refractivity contribution in [2.24, 2.45) is 0 Å². The predicted octanol–water partition coefficient (Wildman–Crippen LogP) is 1.08. The Balaban J connectivity index is 2.76. The average molecular weight is 318 g/mol. The largest absolute Gasteiger partial charge is 0.477 e. The number of nitrogens with zero attached hydrogens (tertiary/aromatic N) is 2. The zero-order valence-corrected chi connectivity index (χ0v) is 13.4. The molecule has 1 heterocycles. The Bertz CT molecular complexity index is 430. The monoisotopic (exact) mass is 318 g/mol. The van der Waals surface area contributed by atoms with Gasteiger partial charge in [-0.15, -0.1) is 11.3 Å². The smallest absolute Gasteiger partial charge is 0.347 e. The first kappa shape index (κ1) is 18.0. The number of thiazole rings is 1. The van der Waals surface area contributed by atoms with Crippen LogP contribution in [0.2, 0.25) is 0 Å². The third kappa shape index (κ3) is 6.06. The van der Waals surface area contributed by atoms with Gasteiger partial charge in [0.15, 0.2) is 0 Å². The van der Waals surface area contributed by atoms with Crippen LogP contribution in [0.15, 0.2) is 0 Å². The molecule has 0 saturated carbocycles. The molecular weight excluding hydrogens is 296 g/mol. The molecule has 0 bridgehead atoms. The molecule has 0 atom stereocenters. The van der Waals surface area contributed by atoms with E-state index in [1.807, 2.05) is 0 Å². The highest BCUT2D eigenvalue weighted by atomic mass is 32.1. The standard InChI is InChI=1S/C13H22N2O5S/c1-18-6-4-15(5-7-19-2)8-11-14-10(9-20-3)12(21-11)13(16)17/h4-9H2,1-3H3,(H,16,17). The summed E-state index contributed by atoms with van der Waals surface area (Å²) >= 11 is 1.19. The van der Waals surface area contributed by atoms with Gasteiger partial charge >= 0.3 is 5.97 Å². The molecule has 120 valence electrons. The Kier molecular flexibility index (Phi) is 8.40. The van der Waals surface area contributed by atoms with Crippen LogP contribution < -0.4 is 0 Å². The Morgan fingerprint density at radius 3 is 2.29 bits per heavy atom. The summed E-state index contributed by atoms with van der Waals surface area (Å²) in [6.45, 7) is 3.45. The molecule has 1 rings (SSSR count). The van der Waals surface area contributed by atoms with Crippen molar-refractivity contribution in [1.29, 1.82) is 0 Å². The number of carbonyl (C=O) groups is 1. The van der Waals surface area contributed by atoms with Crippen molar-refractivity contribution < 1.29 is 24.1 Å². The Hall–Kier alpha value is -1.06. The molecule has 8 heteroatoms. The quantitative estimate of drug-likeness (QED) is 0.654. The second-order valence-electron chi connectivity index (χ2n) is 4.38. The lowest BCUT2D eigenvalue weighted by atomic mass is 10.4. The number of aromatic carboxylic acids is 1. The van der Waals surface area contributed by atoms with Gasteiger partial charge in [0.25, 0.3) is 0 Å². The zero-order valence-electron chi connectivity index (χ0n) is 12.6. The van der Waals surface area contributed by atoms with Gasteiger partial charge in [0.2, 0.25) is 0 Å². The van der Waals surface area contributed by atoms with E-state index in [4.69, 9.17) is 14.2 Å². The molecule has 0 saturated heterocycles. The lowest BCUT2D eigenvalue weighted by Crippen LogP contribution is -2.30. The van der Waals surface area contributed by atoms with Gasteiger partial charge in [-0.3, -0.25) is 4.90 Å². The molecule has 1 aromatic heterocycles. The number of methoxy groups -OCH3 is 3. The van der Waals surface area contributed by atoms with Gasteiger partial charge in [-0.05, 0) is 0 Å². The number of carboxylic acid groups (broad SMARTS) is 1. The molecule has 0 amide bonds. The van der Waals surface area contributed by atoms with Crippen LogP contribution in [0.25, 0.3) is 0 Å². The molecule has 0 aliphatic rings. The molecule has 0 radical (unpaired) electrons. The first-order valence-electron chi connectivity index (χ1n) is 6.53. The van der Waals surface area contributed by atoms with Crippen LogP contribution in [0.1, 0.15) is 20.4 Å².